The lowest BCUT2D eigenvalue weighted by Crippen LogP contribution is -2.61. The van der Waals surface area contributed by atoms with Crippen molar-refractivity contribution in [2.75, 3.05) is 19.9 Å². The van der Waals surface area contributed by atoms with E-state index in [0.29, 0.717) is 6.54 Å². The summed E-state index contributed by atoms with van der Waals surface area (Å²) in [4.78, 5) is 30.9. The zero-order valence-corrected chi connectivity index (χ0v) is 18.8. The van der Waals surface area contributed by atoms with Gasteiger partial charge in [0.2, 0.25) is 12.7 Å². The molecule has 3 amide bonds. The number of urea groups is 1. The smallest absolute Gasteiger partial charge is 0.318 e. The van der Waals surface area contributed by atoms with Gasteiger partial charge in [0, 0.05) is 19.1 Å². The maximum atomic E-state index is 13.6. The molecule has 2 aromatic rings. The van der Waals surface area contributed by atoms with Crippen LogP contribution in [0, 0.1) is 5.92 Å². The Bertz CT molecular complexity index is 1090. The summed E-state index contributed by atoms with van der Waals surface area (Å²) in [6, 6.07) is 13.8. The average molecular weight is 448 g/mol. The lowest BCUT2D eigenvalue weighted by molar-refractivity contribution is -0.148. The van der Waals surface area contributed by atoms with E-state index in [2.05, 4.69) is 11.4 Å². The Balaban J connectivity index is 1.27. The second kappa shape index (κ2) is 7.97. The van der Waals surface area contributed by atoms with Crippen LogP contribution in [0.4, 0.5) is 4.79 Å². The third kappa shape index (κ3) is 3.41. The van der Waals surface area contributed by atoms with E-state index in [1.165, 1.54) is 5.56 Å². The largest absolute Gasteiger partial charge is 0.454 e. The molecular formula is C26H29N3O4. The molecule has 4 atom stereocenters. The van der Waals surface area contributed by atoms with Crippen LogP contribution in [-0.2, 0) is 11.2 Å². The highest BCUT2D eigenvalue weighted by Gasteiger charge is 2.49. The number of nitrogens with one attached hydrogen (secondary N) is 1. The van der Waals surface area contributed by atoms with E-state index in [9.17, 15) is 9.59 Å². The SMILES string of the molecule is C[C@@H](NC(=O)N1CCC[C@@H]2C(=O)N3CCc4cc5c(cc4[C@@H]3C[C@@H]21)OCO5)c1ccccc1. The molecule has 4 heterocycles. The zero-order valence-electron chi connectivity index (χ0n) is 18.8. The van der Waals surface area contributed by atoms with Crippen LogP contribution in [-0.4, -0.2) is 47.7 Å². The standard InChI is InChI=1S/C26H29N3O4/c1-16(17-6-3-2-4-7-17)27-26(31)29-10-5-8-19-21(29)14-22-20-13-24-23(32-15-33-24)12-18(20)9-11-28(22)25(19)30/h2-4,6-7,12-13,16,19,21-22H,5,8-11,14-15H2,1H3,(H,27,31)/t16-,19+,21+,22+/m1/s1. The summed E-state index contributed by atoms with van der Waals surface area (Å²) in [6.45, 7) is 3.64. The van der Waals surface area contributed by atoms with Crippen molar-refractivity contribution in [1.82, 2.24) is 15.1 Å². The van der Waals surface area contributed by atoms with E-state index in [4.69, 9.17) is 9.47 Å². The summed E-state index contributed by atoms with van der Waals surface area (Å²) in [7, 11) is 0. The van der Waals surface area contributed by atoms with Gasteiger partial charge in [0.1, 0.15) is 0 Å². The first-order valence-corrected chi connectivity index (χ1v) is 11.9. The Morgan fingerprint density at radius 1 is 1.12 bits per heavy atom. The minimum atomic E-state index is -0.122. The fourth-order valence-electron chi connectivity index (χ4n) is 6.03. The topological polar surface area (TPSA) is 71.1 Å². The first-order chi connectivity index (χ1) is 16.1. The number of amides is 3. The molecule has 0 radical (unpaired) electrons. The van der Waals surface area contributed by atoms with Gasteiger partial charge in [0.05, 0.1) is 18.0 Å². The summed E-state index contributed by atoms with van der Waals surface area (Å²) in [5, 5.41) is 3.16. The highest BCUT2D eigenvalue weighted by Crippen LogP contribution is 2.47. The van der Waals surface area contributed by atoms with Gasteiger partial charge in [-0.1, -0.05) is 30.3 Å². The van der Waals surface area contributed by atoms with Crippen molar-refractivity contribution in [1.29, 1.82) is 0 Å². The van der Waals surface area contributed by atoms with Crippen LogP contribution in [0.15, 0.2) is 42.5 Å². The summed E-state index contributed by atoms with van der Waals surface area (Å²) in [5.41, 5.74) is 3.43. The lowest BCUT2D eigenvalue weighted by atomic mass is 9.76. The number of ether oxygens (including phenoxy) is 2. The van der Waals surface area contributed by atoms with Crippen LogP contribution in [0.1, 0.15) is 55.0 Å². The maximum Gasteiger partial charge on any atom is 0.318 e. The molecule has 6 rings (SSSR count). The van der Waals surface area contributed by atoms with Gasteiger partial charge in [-0.25, -0.2) is 4.79 Å². The molecule has 4 aliphatic heterocycles. The van der Waals surface area contributed by atoms with E-state index in [-0.39, 0.29) is 42.8 Å². The summed E-state index contributed by atoms with van der Waals surface area (Å²) in [6.07, 6.45) is 3.28. The van der Waals surface area contributed by atoms with Crippen molar-refractivity contribution in [3.63, 3.8) is 0 Å². The number of hydrogen-bond donors (Lipinski definition) is 1. The van der Waals surface area contributed by atoms with Crippen molar-refractivity contribution in [3.8, 4) is 11.5 Å². The third-order valence-corrected chi connectivity index (χ3v) is 7.74. The third-order valence-electron chi connectivity index (χ3n) is 7.74. The molecule has 2 saturated heterocycles. The van der Waals surface area contributed by atoms with E-state index in [1.54, 1.807) is 0 Å². The van der Waals surface area contributed by atoms with Crippen LogP contribution >= 0.6 is 0 Å². The summed E-state index contributed by atoms with van der Waals surface area (Å²) >= 11 is 0. The Hall–Kier alpha value is -3.22. The Kier molecular flexibility index (Phi) is 4.93. The number of fused-ring (bicyclic) bond motifs is 5. The molecule has 0 aromatic heterocycles. The predicted molar refractivity (Wildman–Crippen MR) is 122 cm³/mol. The minimum Gasteiger partial charge on any atom is -0.454 e. The number of carbonyl (C=O) groups excluding carboxylic acids is 2. The summed E-state index contributed by atoms with van der Waals surface area (Å²) < 4.78 is 11.2. The molecule has 7 heteroatoms. The van der Waals surface area contributed by atoms with Crippen LogP contribution in [0.5, 0.6) is 11.5 Å². The van der Waals surface area contributed by atoms with Crippen molar-refractivity contribution in [2.45, 2.75) is 50.7 Å². The Morgan fingerprint density at radius 2 is 1.91 bits per heavy atom. The normalized spacial score (nSPS) is 26.2. The molecule has 0 aliphatic carbocycles. The lowest BCUT2D eigenvalue weighted by Gasteiger charge is -2.51. The second-order valence-electron chi connectivity index (χ2n) is 9.53. The molecule has 0 bridgehead atoms. The number of piperidine rings is 2. The molecular weight excluding hydrogens is 418 g/mol. The first-order valence-electron chi connectivity index (χ1n) is 11.9. The molecule has 0 unspecified atom stereocenters. The average Bonchev–Trinajstić information content (AvgIpc) is 3.30. The van der Waals surface area contributed by atoms with Gasteiger partial charge >= 0.3 is 6.03 Å². The molecule has 172 valence electrons. The maximum absolute atomic E-state index is 13.6. The van der Waals surface area contributed by atoms with E-state index in [0.717, 1.165) is 54.9 Å². The molecule has 7 nitrogen and oxygen atoms in total. The van der Waals surface area contributed by atoms with Gasteiger partial charge in [-0.15, -0.1) is 0 Å². The van der Waals surface area contributed by atoms with E-state index < -0.39 is 0 Å². The molecule has 2 aromatic carbocycles. The number of nitrogens with zero attached hydrogens (tertiary/aromatic N) is 2. The molecule has 1 N–H and O–H groups in total. The van der Waals surface area contributed by atoms with E-state index in [1.807, 2.05) is 53.1 Å². The van der Waals surface area contributed by atoms with Crippen LogP contribution < -0.4 is 14.8 Å². The van der Waals surface area contributed by atoms with Crippen LogP contribution in [0.25, 0.3) is 0 Å². The Morgan fingerprint density at radius 3 is 2.73 bits per heavy atom. The van der Waals surface area contributed by atoms with Crippen molar-refractivity contribution in [3.05, 3.63) is 59.2 Å². The minimum absolute atomic E-state index is 0.0306. The molecule has 0 spiro atoms. The van der Waals surface area contributed by atoms with Gasteiger partial charge in [-0.05, 0) is 61.4 Å². The fourth-order valence-corrected chi connectivity index (χ4v) is 6.03. The number of rotatable bonds is 2. The van der Waals surface area contributed by atoms with Gasteiger partial charge in [0.25, 0.3) is 0 Å². The Labute approximate surface area is 193 Å². The monoisotopic (exact) mass is 447 g/mol. The van der Waals surface area contributed by atoms with Crippen LogP contribution in [0.3, 0.4) is 0 Å². The van der Waals surface area contributed by atoms with Crippen molar-refractivity contribution >= 4 is 11.9 Å². The number of carbonyl (C=O) groups is 2. The number of benzene rings is 2. The molecule has 4 aliphatic rings. The quantitative estimate of drug-likeness (QED) is 0.760. The van der Waals surface area contributed by atoms with Crippen molar-refractivity contribution < 1.29 is 19.1 Å². The summed E-state index contributed by atoms with van der Waals surface area (Å²) in [5.74, 6) is 1.60. The van der Waals surface area contributed by atoms with Gasteiger partial charge in [0.15, 0.2) is 11.5 Å². The molecule has 33 heavy (non-hydrogen) atoms. The first kappa shape index (κ1) is 20.4. The fraction of sp³-hybridized carbons (Fsp3) is 0.462. The van der Waals surface area contributed by atoms with Crippen molar-refractivity contribution in [2.24, 2.45) is 5.92 Å². The highest BCUT2D eigenvalue weighted by atomic mass is 16.7. The second-order valence-corrected chi connectivity index (χ2v) is 9.53. The number of likely N-dealkylation sites (tertiary alicyclic amines) is 1. The molecule has 0 saturated carbocycles. The van der Waals surface area contributed by atoms with Gasteiger partial charge in [-0.2, -0.15) is 0 Å². The predicted octanol–water partition coefficient (Wildman–Crippen LogP) is 3.80. The van der Waals surface area contributed by atoms with Gasteiger partial charge < -0.3 is 24.6 Å². The van der Waals surface area contributed by atoms with Gasteiger partial charge in [-0.3, -0.25) is 4.79 Å². The van der Waals surface area contributed by atoms with E-state index >= 15 is 0 Å². The van der Waals surface area contributed by atoms with Crippen LogP contribution in [0.2, 0.25) is 0 Å². The number of hydrogen-bond acceptors (Lipinski definition) is 4. The highest BCUT2D eigenvalue weighted by molar-refractivity contribution is 5.84. The zero-order chi connectivity index (χ0) is 22.5. The molecule has 2 fully saturated rings.